The molecular formula is C23H31ClN2O2. The minimum atomic E-state index is 0. The van der Waals surface area contributed by atoms with Crippen molar-refractivity contribution < 1.29 is 9.53 Å². The Labute approximate surface area is 174 Å². The van der Waals surface area contributed by atoms with Gasteiger partial charge in [0, 0.05) is 19.0 Å². The fraction of sp³-hybridized carbons (Fsp3) is 0.435. The van der Waals surface area contributed by atoms with Gasteiger partial charge in [0.1, 0.15) is 5.75 Å². The summed E-state index contributed by atoms with van der Waals surface area (Å²) in [5.74, 6) is 1.53. The lowest BCUT2D eigenvalue weighted by Crippen LogP contribution is -2.39. The predicted octanol–water partition coefficient (Wildman–Crippen LogP) is 4.06. The monoisotopic (exact) mass is 402 g/mol. The van der Waals surface area contributed by atoms with E-state index in [1.807, 2.05) is 35.2 Å². The molecule has 0 heterocycles. The van der Waals surface area contributed by atoms with Gasteiger partial charge in [0.05, 0.1) is 7.11 Å². The number of nitrogens with two attached hydrogens (primary N) is 1. The van der Waals surface area contributed by atoms with Crippen LogP contribution < -0.4 is 10.5 Å². The maximum absolute atomic E-state index is 13.3. The third-order valence-corrected chi connectivity index (χ3v) is 5.64. The van der Waals surface area contributed by atoms with Crippen LogP contribution in [0.2, 0.25) is 0 Å². The highest BCUT2D eigenvalue weighted by atomic mass is 35.5. The van der Waals surface area contributed by atoms with E-state index in [2.05, 4.69) is 24.3 Å². The van der Waals surface area contributed by atoms with Crippen LogP contribution in [-0.2, 0) is 17.8 Å². The molecule has 1 amide bonds. The van der Waals surface area contributed by atoms with Crippen molar-refractivity contribution in [2.75, 3.05) is 20.2 Å². The summed E-state index contributed by atoms with van der Waals surface area (Å²) in [7, 11) is 1.67. The topological polar surface area (TPSA) is 55.6 Å². The molecule has 0 spiro atoms. The molecule has 2 aromatic rings. The number of ether oxygens (including phenoxy) is 1. The van der Waals surface area contributed by atoms with E-state index in [4.69, 9.17) is 10.5 Å². The molecule has 1 fully saturated rings. The van der Waals surface area contributed by atoms with Gasteiger partial charge in [-0.25, -0.2) is 0 Å². The number of halogens is 1. The maximum Gasteiger partial charge on any atom is 0.226 e. The van der Waals surface area contributed by atoms with E-state index in [1.54, 1.807) is 7.11 Å². The minimum Gasteiger partial charge on any atom is -0.497 e. The maximum atomic E-state index is 13.3. The second-order valence-electron chi connectivity index (χ2n) is 7.38. The lowest BCUT2D eigenvalue weighted by Gasteiger charge is -2.28. The van der Waals surface area contributed by atoms with E-state index in [0.717, 1.165) is 31.4 Å². The van der Waals surface area contributed by atoms with E-state index >= 15 is 0 Å². The van der Waals surface area contributed by atoms with Gasteiger partial charge in [-0.05, 0) is 55.0 Å². The molecule has 1 aliphatic carbocycles. The number of hydrogen-bond acceptors (Lipinski definition) is 3. The van der Waals surface area contributed by atoms with Crippen molar-refractivity contribution in [2.45, 2.75) is 32.2 Å². The zero-order chi connectivity index (χ0) is 19.1. The molecular weight excluding hydrogens is 372 g/mol. The Morgan fingerprint density at radius 1 is 1.07 bits per heavy atom. The van der Waals surface area contributed by atoms with Gasteiger partial charge in [0.15, 0.2) is 0 Å². The molecule has 3 rings (SSSR count). The van der Waals surface area contributed by atoms with E-state index in [0.29, 0.717) is 25.6 Å². The summed E-state index contributed by atoms with van der Waals surface area (Å²) < 4.78 is 5.23. The van der Waals surface area contributed by atoms with Crippen LogP contribution >= 0.6 is 12.4 Å². The lowest BCUT2D eigenvalue weighted by molar-refractivity contribution is -0.137. The van der Waals surface area contributed by atoms with Gasteiger partial charge >= 0.3 is 0 Å². The fourth-order valence-electron chi connectivity index (χ4n) is 4.01. The molecule has 2 atom stereocenters. The number of methoxy groups -OCH3 is 1. The van der Waals surface area contributed by atoms with Gasteiger partial charge in [-0.2, -0.15) is 0 Å². The second-order valence-corrected chi connectivity index (χ2v) is 7.38. The summed E-state index contributed by atoms with van der Waals surface area (Å²) >= 11 is 0. The Morgan fingerprint density at radius 3 is 2.43 bits per heavy atom. The van der Waals surface area contributed by atoms with Crippen LogP contribution in [0.1, 0.15) is 30.4 Å². The number of carbonyl (C=O) groups excluding carboxylic acids is 1. The average molecular weight is 403 g/mol. The Morgan fingerprint density at radius 2 is 1.79 bits per heavy atom. The van der Waals surface area contributed by atoms with Crippen molar-refractivity contribution in [1.29, 1.82) is 0 Å². The molecule has 152 valence electrons. The summed E-state index contributed by atoms with van der Waals surface area (Å²) in [6.07, 6.45) is 3.98. The SMILES string of the molecule is COc1ccc(CCN(Cc2ccccc2)C(=O)[C@@H]2CCC[C@@H]2CN)cc1.Cl. The van der Waals surface area contributed by atoms with Crippen molar-refractivity contribution in [3.05, 3.63) is 65.7 Å². The molecule has 1 aliphatic rings. The van der Waals surface area contributed by atoms with Crippen molar-refractivity contribution in [1.82, 2.24) is 4.90 Å². The summed E-state index contributed by atoms with van der Waals surface area (Å²) in [5, 5.41) is 0. The highest BCUT2D eigenvalue weighted by Gasteiger charge is 2.34. The van der Waals surface area contributed by atoms with Crippen LogP contribution in [0.4, 0.5) is 0 Å². The molecule has 0 aromatic heterocycles. The third kappa shape index (κ3) is 5.73. The van der Waals surface area contributed by atoms with E-state index in [-0.39, 0.29) is 24.2 Å². The first-order valence-corrected chi connectivity index (χ1v) is 9.87. The predicted molar refractivity (Wildman–Crippen MR) is 116 cm³/mol. The normalized spacial score (nSPS) is 18.4. The third-order valence-electron chi connectivity index (χ3n) is 5.64. The summed E-state index contributed by atoms with van der Waals surface area (Å²) in [6.45, 7) is 1.98. The second kappa shape index (κ2) is 11.1. The Kier molecular flexibility index (Phi) is 8.81. The van der Waals surface area contributed by atoms with Gasteiger partial charge < -0.3 is 15.4 Å². The molecule has 0 saturated heterocycles. The van der Waals surface area contributed by atoms with Crippen LogP contribution in [0.25, 0.3) is 0 Å². The van der Waals surface area contributed by atoms with Crippen LogP contribution in [0.5, 0.6) is 5.75 Å². The number of nitrogens with zero attached hydrogens (tertiary/aromatic N) is 1. The number of amides is 1. The first kappa shape index (κ1) is 22.3. The highest BCUT2D eigenvalue weighted by molar-refractivity contribution is 5.85. The quantitative estimate of drug-likeness (QED) is 0.724. The first-order chi connectivity index (χ1) is 13.2. The number of benzene rings is 2. The highest BCUT2D eigenvalue weighted by Crippen LogP contribution is 2.32. The summed E-state index contributed by atoms with van der Waals surface area (Å²) in [4.78, 5) is 15.3. The number of rotatable bonds is 8. The Bertz CT molecular complexity index is 721. The zero-order valence-electron chi connectivity index (χ0n) is 16.5. The van der Waals surface area contributed by atoms with E-state index < -0.39 is 0 Å². The van der Waals surface area contributed by atoms with Crippen molar-refractivity contribution in [2.24, 2.45) is 17.6 Å². The summed E-state index contributed by atoms with van der Waals surface area (Å²) in [6, 6.07) is 18.3. The lowest BCUT2D eigenvalue weighted by atomic mass is 9.94. The summed E-state index contributed by atoms with van der Waals surface area (Å²) in [5.41, 5.74) is 8.31. The van der Waals surface area contributed by atoms with Crippen LogP contribution in [0, 0.1) is 11.8 Å². The molecule has 2 aromatic carbocycles. The zero-order valence-corrected chi connectivity index (χ0v) is 17.4. The van der Waals surface area contributed by atoms with Crippen molar-refractivity contribution in [3.63, 3.8) is 0 Å². The molecule has 0 aliphatic heterocycles. The van der Waals surface area contributed by atoms with Gasteiger partial charge in [0.2, 0.25) is 5.91 Å². The first-order valence-electron chi connectivity index (χ1n) is 9.87. The molecule has 5 heteroatoms. The largest absolute Gasteiger partial charge is 0.497 e. The van der Waals surface area contributed by atoms with Crippen LogP contribution in [0.15, 0.2) is 54.6 Å². The Balaban J connectivity index is 0.00000280. The molecule has 2 N–H and O–H groups in total. The number of carbonyl (C=O) groups is 1. The van der Waals surface area contributed by atoms with Crippen LogP contribution in [-0.4, -0.2) is 31.0 Å². The van der Waals surface area contributed by atoms with Crippen molar-refractivity contribution in [3.8, 4) is 5.75 Å². The molecule has 0 unspecified atom stereocenters. The van der Waals surface area contributed by atoms with E-state index in [9.17, 15) is 4.79 Å². The Hall–Kier alpha value is -2.04. The molecule has 0 radical (unpaired) electrons. The van der Waals surface area contributed by atoms with Gasteiger partial charge in [-0.1, -0.05) is 48.9 Å². The molecule has 1 saturated carbocycles. The number of hydrogen-bond donors (Lipinski definition) is 1. The molecule has 4 nitrogen and oxygen atoms in total. The molecule has 28 heavy (non-hydrogen) atoms. The standard InChI is InChI=1S/C23H30N2O2.ClH/c1-27-21-12-10-18(11-13-21)14-15-25(17-19-6-3-2-4-7-19)23(26)22-9-5-8-20(22)16-24;/h2-4,6-7,10-13,20,22H,5,8-9,14-17,24H2,1H3;1H/t20-,22-;/m1./s1. The van der Waals surface area contributed by atoms with E-state index in [1.165, 1.54) is 11.1 Å². The van der Waals surface area contributed by atoms with Crippen molar-refractivity contribution >= 4 is 18.3 Å². The minimum absolute atomic E-state index is 0. The van der Waals surface area contributed by atoms with Crippen LogP contribution in [0.3, 0.4) is 0 Å². The molecule has 0 bridgehead atoms. The van der Waals surface area contributed by atoms with Gasteiger partial charge in [-0.3, -0.25) is 4.79 Å². The smallest absolute Gasteiger partial charge is 0.226 e. The fourth-order valence-corrected chi connectivity index (χ4v) is 4.01. The van der Waals surface area contributed by atoms with Gasteiger partial charge in [0.25, 0.3) is 0 Å². The van der Waals surface area contributed by atoms with Gasteiger partial charge in [-0.15, -0.1) is 12.4 Å². The average Bonchev–Trinajstić information content (AvgIpc) is 3.20.